The highest BCUT2D eigenvalue weighted by molar-refractivity contribution is 6.19. The summed E-state index contributed by atoms with van der Waals surface area (Å²) in [5.74, 6) is 0. The fourth-order valence-electron chi connectivity index (χ4n) is 5.73. The monoisotopic (exact) mass is 487 g/mol. The Bertz CT molecular complexity index is 1740. The van der Waals surface area contributed by atoms with E-state index in [1.807, 2.05) is 0 Å². The van der Waals surface area contributed by atoms with Crippen LogP contribution in [-0.4, -0.2) is 44.8 Å². The van der Waals surface area contributed by atoms with Crippen LogP contribution < -0.4 is 5.35 Å². The number of allylic oxidation sites excluding steroid dienone is 4. The predicted molar refractivity (Wildman–Crippen MR) is 154 cm³/mol. The summed E-state index contributed by atoms with van der Waals surface area (Å²) >= 11 is 0. The molecule has 5 aromatic rings. The normalized spacial score (nSPS) is 14.2. The summed E-state index contributed by atoms with van der Waals surface area (Å²) in [6.07, 6.45) is 12.1. The highest BCUT2D eigenvalue weighted by atomic mass is 16.3. The van der Waals surface area contributed by atoms with Crippen LogP contribution in [0.3, 0.4) is 0 Å². The fourth-order valence-corrected chi connectivity index (χ4v) is 5.73. The Morgan fingerprint density at radius 2 is 1.46 bits per heavy atom. The van der Waals surface area contributed by atoms with Gasteiger partial charge in [-0.1, -0.05) is 72.8 Å². The van der Waals surface area contributed by atoms with Crippen molar-refractivity contribution in [3.8, 4) is 0 Å². The molecule has 0 atom stereocenters. The number of hydrogen-bond donors (Lipinski definition) is 2. The zero-order chi connectivity index (χ0) is 25.2. The molecule has 4 heteroatoms. The van der Waals surface area contributed by atoms with E-state index in [2.05, 4.69) is 112 Å². The predicted octanol–water partition coefficient (Wildman–Crippen LogP) is 5.47. The summed E-state index contributed by atoms with van der Waals surface area (Å²) < 4.78 is 4.64. The second-order valence-corrected chi connectivity index (χ2v) is 9.50. The standard InChI is InChI=1S/C33H31N2O2/c36-22-8-20-34-28(26-14-4-10-24-12-6-18-30(34)32(24)26)16-2-1-3-17-29-27-15-5-11-25-13-7-19-31(33(25)27)35(29)21-9-23-37/h1-7,10-19,36-37H,8-9,20-23H2/q+1. The topological polar surface area (TPSA) is 48.4 Å². The molecule has 0 amide bonds. The average molecular weight is 488 g/mol. The van der Waals surface area contributed by atoms with Crippen molar-refractivity contribution in [1.29, 1.82) is 0 Å². The van der Waals surface area contributed by atoms with Gasteiger partial charge in [-0.15, -0.1) is 0 Å². The zero-order valence-corrected chi connectivity index (χ0v) is 20.8. The maximum Gasteiger partial charge on any atom is 0.214 e. The molecule has 6 rings (SSSR count). The summed E-state index contributed by atoms with van der Waals surface area (Å²) in [4.78, 5) is 0. The Morgan fingerprint density at radius 3 is 2.27 bits per heavy atom. The van der Waals surface area contributed by atoms with Crippen molar-refractivity contribution in [1.82, 2.24) is 4.57 Å². The Labute approximate surface area is 216 Å². The molecule has 0 saturated carbocycles. The first-order chi connectivity index (χ1) is 18.3. The molecule has 1 aliphatic heterocycles. The van der Waals surface area contributed by atoms with E-state index < -0.39 is 0 Å². The smallest absolute Gasteiger partial charge is 0.214 e. The Kier molecular flexibility index (Phi) is 6.44. The highest BCUT2D eigenvalue weighted by Crippen LogP contribution is 2.35. The minimum absolute atomic E-state index is 0.176. The number of nitrogens with zero attached hydrogens (tertiary/aromatic N) is 2. The van der Waals surface area contributed by atoms with Crippen LogP contribution >= 0.6 is 0 Å². The van der Waals surface area contributed by atoms with Crippen LogP contribution in [0.1, 0.15) is 18.4 Å². The highest BCUT2D eigenvalue weighted by Gasteiger charge is 2.29. The van der Waals surface area contributed by atoms with Gasteiger partial charge >= 0.3 is 0 Å². The van der Waals surface area contributed by atoms with Gasteiger partial charge in [-0.2, -0.15) is 4.58 Å². The van der Waals surface area contributed by atoms with Gasteiger partial charge in [0.2, 0.25) is 11.4 Å². The second-order valence-electron chi connectivity index (χ2n) is 9.50. The Hall–Kier alpha value is -3.99. The van der Waals surface area contributed by atoms with Crippen molar-refractivity contribution >= 4 is 49.9 Å². The molecule has 1 aliphatic rings. The Balaban J connectivity index is 1.38. The van der Waals surface area contributed by atoms with Crippen molar-refractivity contribution in [2.75, 3.05) is 19.8 Å². The van der Waals surface area contributed by atoms with Crippen LogP contribution in [0, 0.1) is 0 Å². The molecule has 184 valence electrons. The lowest BCUT2D eigenvalue weighted by Gasteiger charge is -2.04. The van der Waals surface area contributed by atoms with Crippen LogP contribution in [0.15, 0.2) is 97.1 Å². The number of benzene rings is 4. The van der Waals surface area contributed by atoms with E-state index in [1.54, 1.807) is 0 Å². The third-order valence-corrected chi connectivity index (χ3v) is 7.29. The van der Waals surface area contributed by atoms with Crippen LogP contribution in [0.5, 0.6) is 0 Å². The van der Waals surface area contributed by atoms with Gasteiger partial charge in [0.25, 0.3) is 0 Å². The molecule has 0 radical (unpaired) electrons. The molecule has 0 aliphatic carbocycles. The van der Waals surface area contributed by atoms with E-state index >= 15 is 0 Å². The van der Waals surface area contributed by atoms with E-state index in [4.69, 9.17) is 0 Å². The molecule has 0 spiro atoms. The van der Waals surface area contributed by atoms with Gasteiger partial charge in [-0.25, -0.2) is 0 Å². The minimum atomic E-state index is 0.176. The molecule has 2 heterocycles. The van der Waals surface area contributed by atoms with Gasteiger partial charge in [0, 0.05) is 60.0 Å². The maximum atomic E-state index is 9.48. The number of rotatable bonds is 9. The van der Waals surface area contributed by atoms with Gasteiger partial charge in [-0.05, 0) is 35.4 Å². The average Bonchev–Trinajstić information content (AvgIpc) is 3.41. The van der Waals surface area contributed by atoms with E-state index in [0.29, 0.717) is 0 Å². The van der Waals surface area contributed by atoms with E-state index in [1.165, 1.54) is 54.8 Å². The van der Waals surface area contributed by atoms with E-state index in [0.717, 1.165) is 25.9 Å². The third kappa shape index (κ3) is 4.08. The van der Waals surface area contributed by atoms with Crippen LogP contribution in [0.2, 0.25) is 0 Å². The Morgan fingerprint density at radius 1 is 0.730 bits per heavy atom. The van der Waals surface area contributed by atoms with Crippen LogP contribution in [-0.2, 0) is 6.54 Å². The third-order valence-electron chi connectivity index (χ3n) is 7.29. The summed E-state index contributed by atoms with van der Waals surface area (Å²) in [6.45, 7) is 1.91. The van der Waals surface area contributed by atoms with Gasteiger partial charge < -0.3 is 14.8 Å². The maximum absolute atomic E-state index is 9.48. The number of hydrogen-bond acceptors (Lipinski definition) is 2. The molecule has 0 bridgehead atoms. The number of aliphatic hydroxyl groups excluding tert-OH is 2. The molecule has 37 heavy (non-hydrogen) atoms. The summed E-state index contributed by atoms with van der Waals surface area (Å²) in [7, 11) is 0. The summed E-state index contributed by atoms with van der Waals surface area (Å²) in [6, 6.07) is 25.8. The zero-order valence-electron chi connectivity index (χ0n) is 20.8. The van der Waals surface area contributed by atoms with Gasteiger partial charge in [0.05, 0.1) is 10.9 Å². The molecule has 1 aromatic heterocycles. The van der Waals surface area contributed by atoms with Crippen molar-refractivity contribution in [2.24, 2.45) is 0 Å². The molecule has 2 N–H and O–H groups in total. The molecule has 4 aromatic carbocycles. The first-order valence-corrected chi connectivity index (χ1v) is 13.0. The lowest BCUT2D eigenvalue weighted by Crippen LogP contribution is -2.16. The fraction of sp³-hybridized carbons (Fsp3) is 0.182. The van der Waals surface area contributed by atoms with E-state index in [9.17, 15) is 10.2 Å². The number of aliphatic hydroxyl groups is 2. The molecule has 4 nitrogen and oxygen atoms in total. The van der Waals surface area contributed by atoms with E-state index in [-0.39, 0.29) is 13.2 Å². The quantitative estimate of drug-likeness (QED) is 0.214. The molecule has 0 fully saturated rings. The van der Waals surface area contributed by atoms with Crippen molar-refractivity contribution in [3.05, 3.63) is 108 Å². The second kappa shape index (κ2) is 10.2. The summed E-state index contributed by atoms with van der Waals surface area (Å²) in [5.41, 5.74) is 4.83. The van der Waals surface area contributed by atoms with Gasteiger partial charge in [0.15, 0.2) is 6.54 Å². The molecular weight excluding hydrogens is 456 g/mol. The summed E-state index contributed by atoms with van der Waals surface area (Å²) in [5, 5.41) is 26.4. The number of aryl methyl sites for hydroxylation is 1. The lowest BCUT2D eigenvalue weighted by molar-refractivity contribution is -0.436. The lowest BCUT2D eigenvalue weighted by atomic mass is 10.0. The largest absolute Gasteiger partial charge is 0.396 e. The SMILES string of the molecule is OCCCn1\c(=C/C=C/C=C/C2=[N+](CCCO)c3cccc4cccc2c34)c2cccc3cccc1c32. The van der Waals surface area contributed by atoms with Crippen molar-refractivity contribution in [2.45, 2.75) is 19.4 Å². The van der Waals surface area contributed by atoms with Crippen LogP contribution in [0.4, 0.5) is 5.69 Å². The molecular formula is C33H31N2O2+. The number of aromatic nitrogens is 1. The first-order valence-electron chi connectivity index (χ1n) is 13.0. The van der Waals surface area contributed by atoms with Crippen molar-refractivity contribution in [3.63, 3.8) is 0 Å². The molecule has 0 unspecified atom stereocenters. The van der Waals surface area contributed by atoms with Gasteiger partial charge in [-0.3, -0.25) is 0 Å². The molecule has 0 saturated heterocycles. The van der Waals surface area contributed by atoms with Crippen molar-refractivity contribution < 1.29 is 14.8 Å². The minimum Gasteiger partial charge on any atom is -0.396 e. The van der Waals surface area contributed by atoms with Crippen LogP contribution in [0.25, 0.3) is 38.5 Å². The first kappa shape index (κ1) is 23.4. The van der Waals surface area contributed by atoms with Gasteiger partial charge in [0.1, 0.15) is 0 Å².